The van der Waals surface area contributed by atoms with E-state index in [1.807, 2.05) is 32.0 Å². The predicted octanol–water partition coefficient (Wildman–Crippen LogP) is 4.83. The van der Waals surface area contributed by atoms with Gasteiger partial charge in [0.1, 0.15) is 5.52 Å². The first-order valence-electron chi connectivity index (χ1n) is 7.07. The van der Waals surface area contributed by atoms with Crippen LogP contribution in [0.25, 0.3) is 11.1 Å². The molecular weight excluding hydrogens is 332 g/mol. The van der Waals surface area contributed by atoms with Crippen molar-refractivity contribution in [2.24, 2.45) is 0 Å². The summed E-state index contributed by atoms with van der Waals surface area (Å²) in [6.07, 6.45) is 0. The Balaban J connectivity index is 1.63. The van der Waals surface area contributed by atoms with Gasteiger partial charge in [0.25, 0.3) is 5.22 Å². The number of amides is 1. The van der Waals surface area contributed by atoms with Crippen molar-refractivity contribution >= 4 is 46.1 Å². The van der Waals surface area contributed by atoms with Gasteiger partial charge >= 0.3 is 0 Å². The second kappa shape index (κ2) is 6.64. The van der Waals surface area contributed by atoms with Crippen LogP contribution in [-0.4, -0.2) is 16.6 Å². The number of halogens is 1. The zero-order chi connectivity index (χ0) is 16.4. The molecule has 0 unspecified atom stereocenters. The second-order valence-corrected chi connectivity index (χ2v) is 6.61. The highest BCUT2D eigenvalue weighted by Gasteiger charge is 2.10. The van der Waals surface area contributed by atoms with Gasteiger partial charge in [0.05, 0.1) is 5.75 Å². The maximum atomic E-state index is 12.1. The van der Waals surface area contributed by atoms with Crippen LogP contribution in [0.15, 0.2) is 46.0 Å². The first-order chi connectivity index (χ1) is 11.0. The zero-order valence-electron chi connectivity index (χ0n) is 12.7. The molecule has 0 bridgehead atoms. The molecule has 0 atom stereocenters. The third-order valence-electron chi connectivity index (χ3n) is 3.31. The molecule has 6 heteroatoms. The van der Waals surface area contributed by atoms with E-state index in [1.165, 1.54) is 17.3 Å². The van der Waals surface area contributed by atoms with Gasteiger partial charge in [-0.1, -0.05) is 41.1 Å². The van der Waals surface area contributed by atoms with Gasteiger partial charge in [-0.25, -0.2) is 4.98 Å². The molecule has 0 saturated carbocycles. The van der Waals surface area contributed by atoms with Crippen molar-refractivity contribution in [2.75, 3.05) is 11.1 Å². The lowest BCUT2D eigenvalue weighted by Gasteiger charge is -2.08. The summed E-state index contributed by atoms with van der Waals surface area (Å²) in [7, 11) is 0. The summed E-state index contributed by atoms with van der Waals surface area (Å²) in [6, 6.07) is 11.2. The van der Waals surface area contributed by atoms with Crippen molar-refractivity contribution in [1.29, 1.82) is 0 Å². The average Bonchev–Trinajstić information content (AvgIpc) is 2.90. The number of hydrogen-bond acceptors (Lipinski definition) is 4. The van der Waals surface area contributed by atoms with Crippen molar-refractivity contribution in [3.8, 4) is 0 Å². The number of thioether (sulfide) groups is 1. The Morgan fingerprint density at radius 3 is 2.87 bits per heavy atom. The van der Waals surface area contributed by atoms with E-state index in [0.29, 0.717) is 21.3 Å². The number of nitrogens with one attached hydrogen (secondary N) is 1. The Kier molecular flexibility index (Phi) is 4.59. The standard InChI is InChI=1S/C17H15ClN2O2S/c1-10-3-5-13(11(2)7-10)19-16(21)9-23-17-20-14-8-12(18)4-6-15(14)22-17/h3-8H,9H2,1-2H3,(H,19,21). The maximum Gasteiger partial charge on any atom is 0.257 e. The molecule has 1 N–H and O–H groups in total. The van der Waals surface area contributed by atoms with Crippen LogP contribution in [0, 0.1) is 13.8 Å². The maximum absolute atomic E-state index is 12.1. The van der Waals surface area contributed by atoms with Crippen LogP contribution < -0.4 is 5.32 Å². The van der Waals surface area contributed by atoms with Gasteiger partial charge in [-0.15, -0.1) is 0 Å². The summed E-state index contributed by atoms with van der Waals surface area (Å²) in [5.74, 6) is 0.135. The Bertz CT molecular complexity index is 876. The summed E-state index contributed by atoms with van der Waals surface area (Å²) in [5, 5.41) is 3.96. The van der Waals surface area contributed by atoms with E-state index in [2.05, 4.69) is 10.3 Å². The molecule has 118 valence electrons. The molecule has 0 radical (unpaired) electrons. The highest BCUT2D eigenvalue weighted by molar-refractivity contribution is 7.99. The van der Waals surface area contributed by atoms with E-state index in [4.69, 9.17) is 16.0 Å². The molecule has 3 rings (SSSR count). The number of anilines is 1. The largest absolute Gasteiger partial charge is 0.431 e. The van der Waals surface area contributed by atoms with Gasteiger partial charge < -0.3 is 9.73 Å². The molecule has 1 heterocycles. The van der Waals surface area contributed by atoms with Gasteiger partial charge in [0, 0.05) is 10.7 Å². The van der Waals surface area contributed by atoms with Crippen LogP contribution in [0.2, 0.25) is 5.02 Å². The highest BCUT2D eigenvalue weighted by atomic mass is 35.5. The molecule has 0 aliphatic rings. The van der Waals surface area contributed by atoms with Crippen LogP contribution in [0.4, 0.5) is 5.69 Å². The van der Waals surface area contributed by atoms with Crippen LogP contribution in [0.1, 0.15) is 11.1 Å². The van der Waals surface area contributed by atoms with Gasteiger partial charge in [-0.05, 0) is 43.7 Å². The summed E-state index contributed by atoms with van der Waals surface area (Å²) in [5.41, 5.74) is 4.38. The zero-order valence-corrected chi connectivity index (χ0v) is 14.3. The monoisotopic (exact) mass is 346 g/mol. The summed E-state index contributed by atoms with van der Waals surface area (Å²) in [4.78, 5) is 16.4. The number of carbonyl (C=O) groups is 1. The number of oxazole rings is 1. The number of hydrogen-bond donors (Lipinski definition) is 1. The predicted molar refractivity (Wildman–Crippen MR) is 94.3 cm³/mol. The molecule has 0 aliphatic carbocycles. The quantitative estimate of drug-likeness (QED) is 0.687. The third kappa shape index (κ3) is 3.86. The van der Waals surface area contributed by atoms with E-state index in [0.717, 1.165) is 11.3 Å². The molecule has 4 nitrogen and oxygen atoms in total. The van der Waals surface area contributed by atoms with Crippen LogP contribution >= 0.6 is 23.4 Å². The van der Waals surface area contributed by atoms with Gasteiger partial charge in [0.2, 0.25) is 5.91 Å². The minimum atomic E-state index is -0.0951. The SMILES string of the molecule is Cc1ccc(NC(=O)CSc2nc3cc(Cl)ccc3o2)c(C)c1. The Morgan fingerprint density at radius 2 is 2.09 bits per heavy atom. The highest BCUT2D eigenvalue weighted by Crippen LogP contribution is 2.25. The number of rotatable bonds is 4. The number of benzene rings is 2. The lowest BCUT2D eigenvalue weighted by molar-refractivity contribution is -0.113. The summed E-state index contributed by atoms with van der Waals surface area (Å²) < 4.78 is 5.58. The van der Waals surface area contributed by atoms with Crippen molar-refractivity contribution in [3.63, 3.8) is 0 Å². The summed E-state index contributed by atoms with van der Waals surface area (Å²) in [6.45, 7) is 3.99. The van der Waals surface area contributed by atoms with E-state index in [1.54, 1.807) is 18.2 Å². The first-order valence-corrected chi connectivity index (χ1v) is 8.43. The van der Waals surface area contributed by atoms with Crippen molar-refractivity contribution in [3.05, 3.63) is 52.5 Å². The van der Waals surface area contributed by atoms with Crippen molar-refractivity contribution < 1.29 is 9.21 Å². The molecule has 0 saturated heterocycles. The average molecular weight is 347 g/mol. The molecule has 0 aliphatic heterocycles. The fourth-order valence-electron chi connectivity index (χ4n) is 2.21. The molecular formula is C17H15ClN2O2S. The fourth-order valence-corrected chi connectivity index (χ4v) is 3.01. The van der Waals surface area contributed by atoms with Crippen LogP contribution in [0.5, 0.6) is 0 Å². The number of aryl methyl sites for hydroxylation is 2. The van der Waals surface area contributed by atoms with E-state index < -0.39 is 0 Å². The van der Waals surface area contributed by atoms with Gasteiger partial charge in [-0.3, -0.25) is 4.79 Å². The molecule has 23 heavy (non-hydrogen) atoms. The number of fused-ring (bicyclic) bond motifs is 1. The molecule has 0 fully saturated rings. The molecule has 0 spiro atoms. The van der Waals surface area contributed by atoms with E-state index in [9.17, 15) is 4.79 Å². The fraction of sp³-hybridized carbons (Fsp3) is 0.176. The lowest BCUT2D eigenvalue weighted by atomic mass is 10.1. The Morgan fingerprint density at radius 1 is 1.26 bits per heavy atom. The van der Waals surface area contributed by atoms with Crippen molar-refractivity contribution in [1.82, 2.24) is 4.98 Å². The van der Waals surface area contributed by atoms with E-state index >= 15 is 0 Å². The Labute approximate surface area is 143 Å². The topological polar surface area (TPSA) is 55.1 Å². The lowest BCUT2D eigenvalue weighted by Crippen LogP contribution is -2.14. The first kappa shape index (κ1) is 15.9. The number of aromatic nitrogens is 1. The normalized spacial score (nSPS) is 10.9. The molecule has 2 aromatic carbocycles. The Hall–Kier alpha value is -1.98. The molecule has 3 aromatic rings. The van der Waals surface area contributed by atoms with Gasteiger partial charge in [-0.2, -0.15) is 0 Å². The molecule has 1 amide bonds. The number of carbonyl (C=O) groups excluding carboxylic acids is 1. The van der Waals surface area contributed by atoms with Crippen molar-refractivity contribution in [2.45, 2.75) is 19.1 Å². The van der Waals surface area contributed by atoms with Crippen LogP contribution in [0.3, 0.4) is 0 Å². The minimum Gasteiger partial charge on any atom is -0.431 e. The smallest absolute Gasteiger partial charge is 0.257 e. The van der Waals surface area contributed by atoms with E-state index in [-0.39, 0.29) is 11.7 Å². The number of nitrogens with zero attached hydrogens (tertiary/aromatic N) is 1. The minimum absolute atomic E-state index is 0.0951. The van der Waals surface area contributed by atoms with Crippen LogP contribution in [-0.2, 0) is 4.79 Å². The summed E-state index contributed by atoms with van der Waals surface area (Å²) >= 11 is 7.17. The van der Waals surface area contributed by atoms with Gasteiger partial charge in [0.15, 0.2) is 5.58 Å². The second-order valence-electron chi connectivity index (χ2n) is 5.25. The molecule has 1 aromatic heterocycles. The third-order valence-corrected chi connectivity index (χ3v) is 4.38.